The zero-order valence-electron chi connectivity index (χ0n) is 7.93. The first-order valence-electron chi connectivity index (χ1n) is 4.22. The van der Waals surface area contributed by atoms with Gasteiger partial charge < -0.3 is 10.5 Å². The predicted molar refractivity (Wildman–Crippen MR) is 55.5 cm³/mol. The Bertz CT molecular complexity index is 299. The first-order chi connectivity index (χ1) is 6.20. The molecule has 2 N–H and O–H groups in total. The second-order valence-corrected chi connectivity index (χ2v) is 3.32. The number of rotatable bonds is 3. The minimum atomic E-state index is 0.583. The molecular formula is C10H14ClNO. The molecule has 0 amide bonds. The van der Waals surface area contributed by atoms with Gasteiger partial charge >= 0.3 is 0 Å². The summed E-state index contributed by atoms with van der Waals surface area (Å²) in [6.45, 7) is 2.58. The van der Waals surface area contributed by atoms with Gasteiger partial charge in [-0.15, -0.1) is 0 Å². The van der Waals surface area contributed by atoms with E-state index in [9.17, 15) is 0 Å². The summed E-state index contributed by atoms with van der Waals surface area (Å²) in [4.78, 5) is 0. The normalized spacial score (nSPS) is 10.2. The van der Waals surface area contributed by atoms with Gasteiger partial charge in [0.15, 0.2) is 0 Å². The molecule has 3 heteroatoms. The molecule has 0 radical (unpaired) electrons. The molecule has 1 aromatic rings. The van der Waals surface area contributed by atoms with Crippen molar-refractivity contribution in [1.82, 2.24) is 0 Å². The van der Waals surface area contributed by atoms with Gasteiger partial charge in [-0.25, -0.2) is 0 Å². The van der Waals surface area contributed by atoms with Gasteiger partial charge in [0.25, 0.3) is 0 Å². The van der Waals surface area contributed by atoms with Crippen LogP contribution in [0.3, 0.4) is 0 Å². The molecule has 13 heavy (non-hydrogen) atoms. The summed E-state index contributed by atoms with van der Waals surface area (Å²) in [5.74, 6) is 0.859. The van der Waals surface area contributed by atoms with Crippen LogP contribution in [0.1, 0.15) is 11.1 Å². The fourth-order valence-corrected chi connectivity index (χ4v) is 1.63. The van der Waals surface area contributed by atoms with Crippen LogP contribution in [-0.2, 0) is 6.42 Å². The Morgan fingerprint density at radius 3 is 2.69 bits per heavy atom. The van der Waals surface area contributed by atoms with Gasteiger partial charge in [-0.2, -0.15) is 0 Å². The summed E-state index contributed by atoms with van der Waals surface area (Å²) >= 11 is 6.02. The lowest BCUT2D eigenvalue weighted by molar-refractivity contribution is 0.406. The molecule has 1 rings (SSSR count). The van der Waals surface area contributed by atoms with Crippen LogP contribution in [0.5, 0.6) is 5.75 Å². The number of ether oxygens (including phenoxy) is 1. The van der Waals surface area contributed by atoms with Gasteiger partial charge in [-0.3, -0.25) is 0 Å². The Morgan fingerprint density at radius 1 is 1.46 bits per heavy atom. The molecule has 0 bridgehead atoms. The number of aryl methyl sites for hydroxylation is 1. The number of hydrogen-bond acceptors (Lipinski definition) is 2. The van der Waals surface area contributed by atoms with Crippen LogP contribution >= 0.6 is 11.6 Å². The average molecular weight is 200 g/mol. The van der Waals surface area contributed by atoms with E-state index < -0.39 is 0 Å². The predicted octanol–water partition coefficient (Wildman–Crippen LogP) is 2.16. The van der Waals surface area contributed by atoms with E-state index in [1.54, 1.807) is 7.11 Å². The molecule has 0 saturated carbocycles. The highest BCUT2D eigenvalue weighted by Crippen LogP contribution is 2.29. The number of halogens is 1. The third-order valence-corrected chi connectivity index (χ3v) is 2.35. The van der Waals surface area contributed by atoms with Crippen LogP contribution in [0.25, 0.3) is 0 Å². The van der Waals surface area contributed by atoms with Crippen molar-refractivity contribution in [3.05, 3.63) is 28.3 Å². The fourth-order valence-electron chi connectivity index (χ4n) is 1.38. The maximum absolute atomic E-state index is 6.02. The second kappa shape index (κ2) is 4.49. The molecule has 2 nitrogen and oxygen atoms in total. The van der Waals surface area contributed by atoms with Crippen LogP contribution in [0.15, 0.2) is 12.1 Å². The SMILES string of the molecule is COc1c(C)ccc(Cl)c1CCN. The standard InChI is InChI=1S/C10H14ClNO/c1-7-3-4-9(11)8(5-6-12)10(7)13-2/h3-4H,5-6,12H2,1-2H3. The van der Waals surface area contributed by atoms with E-state index in [0.29, 0.717) is 6.54 Å². The van der Waals surface area contributed by atoms with Crippen molar-refractivity contribution in [2.24, 2.45) is 5.73 Å². The Kier molecular flexibility index (Phi) is 3.58. The van der Waals surface area contributed by atoms with Crippen LogP contribution in [0.2, 0.25) is 5.02 Å². The summed E-state index contributed by atoms with van der Waals surface area (Å²) < 4.78 is 5.27. The van der Waals surface area contributed by atoms with Crippen molar-refractivity contribution in [3.8, 4) is 5.75 Å². The molecule has 0 fully saturated rings. The number of hydrogen-bond donors (Lipinski definition) is 1. The summed E-state index contributed by atoms with van der Waals surface area (Å²) in [7, 11) is 1.65. The topological polar surface area (TPSA) is 35.2 Å². The molecule has 0 heterocycles. The zero-order chi connectivity index (χ0) is 9.84. The highest BCUT2D eigenvalue weighted by molar-refractivity contribution is 6.31. The van der Waals surface area contributed by atoms with Crippen molar-refractivity contribution in [2.45, 2.75) is 13.3 Å². The molecule has 0 spiro atoms. The maximum atomic E-state index is 6.02. The maximum Gasteiger partial charge on any atom is 0.126 e. The van der Waals surface area contributed by atoms with Crippen LogP contribution in [0.4, 0.5) is 0 Å². The lowest BCUT2D eigenvalue weighted by Gasteiger charge is -2.11. The molecular weight excluding hydrogens is 186 g/mol. The molecule has 0 unspecified atom stereocenters. The summed E-state index contributed by atoms with van der Waals surface area (Å²) in [5.41, 5.74) is 7.59. The van der Waals surface area contributed by atoms with Crippen molar-refractivity contribution in [1.29, 1.82) is 0 Å². The van der Waals surface area contributed by atoms with Crippen LogP contribution in [0, 0.1) is 6.92 Å². The molecule has 0 atom stereocenters. The zero-order valence-corrected chi connectivity index (χ0v) is 8.69. The van der Waals surface area contributed by atoms with Crippen molar-refractivity contribution < 1.29 is 4.74 Å². The van der Waals surface area contributed by atoms with Gasteiger partial charge in [0, 0.05) is 10.6 Å². The van der Waals surface area contributed by atoms with E-state index >= 15 is 0 Å². The monoisotopic (exact) mass is 199 g/mol. The molecule has 0 aliphatic heterocycles. The third-order valence-electron chi connectivity index (χ3n) is 2.00. The van der Waals surface area contributed by atoms with Gasteiger partial charge in [-0.05, 0) is 31.5 Å². The van der Waals surface area contributed by atoms with Gasteiger partial charge in [-0.1, -0.05) is 17.7 Å². The molecule has 0 aromatic heterocycles. The smallest absolute Gasteiger partial charge is 0.126 e. The summed E-state index contributed by atoms with van der Waals surface area (Å²) in [6.07, 6.45) is 0.754. The van der Waals surface area contributed by atoms with Crippen molar-refractivity contribution >= 4 is 11.6 Å². The number of benzene rings is 1. The molecule has 0 aliphatic carbocycles. The quantitative estimate of drug-likeness (QED) is 0.810. The van der Waals surface area contributed by atoms with Crippen LogP contribution < -0.4 is 10.5 Å². The van der Waals surface area contributed by atoms with E-state index in [2.05, 4.69) is 0 Å². The Morgan fingerprint density at radius 2 is 2.15 bits per heavy atom. The largest absolute Gasteiger partial charge is 0.496 e. The van der Waals surface area contributed by atoms with Crippen LogP contribution in [-0.4, -0.2) is 13.7 Å². The number of nitrogens with two attached hydrogens (primary N) is 1. The molecule has 0 saturated heterocycles. The highest BCUT2D eigenvalue weighted by Gasteiger charge is 2.09. The molecule has 1 aromatic carbocycles. The lowest BCUT2D eigenvalue weighted by atomic mass is 10.1. The van der Waals surface area contributed by atoms with Gasteiger partial charge in [0.2, 0.25) is 0 Å². The van der Waals surface area contributed by atoms with Gasteiger partial charge in [0.05, 0.1) is 7.11 Å². The Balaban J connectivity index is 3.18. The van der Waals surface area contributed by atoms with E-state index in [4.69, 9.17) is 22.1 Å². The van der Waals surface area contributed by atoms with Crippen molar-refractivity contribution in [3.63, 3.8) is 0 Å². The average Bonchev–Trinajstić information content (AvgIpc) is 2.12. The van der Waals surface area contributed by atoms with E-state index in [0.717, 1.165) is 28.3 Å². The summed E-state index contributed by atoms with van der Waals surface area (Å²) in [6, 6.07) is 3.82. The third kappa shape index (κ3) is 2.14. The first-order valence-corrected chi connectivity index (χ1v) is 4.60. The Labute approximate surface area is 83.6 Å². The molecule has 72 valence electrons. The first kappa shape index (κ1) is 10.4. The minimum Gasteiger partial charge on any atom is -0.496 e. The fraction of sp³-hybridized carbons (Fsp3) is 0.400. The summed E-state index contributed by atoms with van der Waals surface area (Å²) in [5, 5.41) is 0.730. The van der Waals surface area contributed by atoms with Gasteiger partial charge in [0.1, 0.15) is 5.75 Å². The molecule has 0 aliphatic rings. The van der Waals surface area contributed by atoms with E-state index in [-0.39, 0.29) is 0 Å². The van der Waals surface area contributed by atoms with Crippen molar-refractivity contribution in [2.75, 3.05) is 13.7 Å². The number of methoxy groups -OCH3 is 1. The second-order valence-electron chi connectivity index (χ2n) is 2.91. The van der Waals surface area contributed by atoms with E-state index in [1.165, 1.54) is 0 Å². The minimum absolute atomic E-state index is 0.583. The lowest BCUT2D eigenvalue weighted by Crippen LogP contribution is -2.05. The highest BCUT2D eigenvalue weighted by atomic mass is 35.5. The van der Waals surface area contributed by atoms with E-state index in [1.807, 2.05) is 19.1 Å². The Hall–Kier alpha value is -0.730.